The number of hydrogen-bond donors (Lipinski definition) is 0. The van der Waals surface area contributed by atoms with E-state index < -0.39 is 0 Å². The normalized spacial score (nSPS) is 12.7. The molecule has 3 heteroatoms. The third-order valence-electron chi connectivity index (χ3n) is 2.22. The first-order valence-electron chi connectivity index (χ1n) is 4.62. The third kappa shape index (κ3) is 2.52. The molecule has 1 unspecified atom stereocenters. The number of halogens is 2. The van der Waals surface area contributed by atoms with E-state index in [-0.39, 0.29) is 4.83 Å². The van der Waals surface area contributed by atoms with Gasteiger partial charge in [-0.15, -0.1) is 11.3 Å². The maximum Gasteiger partial charge on any atom is 0.0748 e. The first kappa shape index (κ1) is 11.4. The van der Waals surface area contributed by atoms with Crippen molar-refractivity contribution in [2.24, 2.45) is 0 Å². The predicted octanol–water partition coefficient (Wildman–Crippen LogP) is 5.30. The van der Waals surface area contributed by atoms with Gasteiger partial charge in [0.2, 0.25) is 0 Å². The van der Waals surface area contributed by atoms with Gasteiger partial charge in [0.25, 0.3) is 0 Å². The Morgan fingerprint density at radius 1 is 1.27 bits per heavy atom. The lowest BCUT2D eigenvalue weighted by Gasteiger charge is -2.11. The predicted molar refractivity (Wildman–Crippen MR) is 74.0 cm³/mol. The molecule has 0 nitrogen and oxygen atoms in total. The molecule has 1 aromatic heterocycles. The molecule has 2 rings (SSSR count). The van der Waals surface area contributed by atoms with Crippen molar-refractivity contribution in [2.45, 2.75) is 11.8 Å². The van der Waals surface area contributed by atoms with Gasteiger partial charge in [0.05, 0.1) is 4.83 Å². The van der Waals surface area contributed by atoms with E-state index in [2.05, 4.69) is 74.5 Å². The Balaban J connectivity index is 2.41. The van der Waals surface area contributed by atoms with Gasteiger partial charge in [-0.05, 0) is 30.0 Å². The number of hydrogen-bond acceptors (Lipinski definition) is 1. The fourth-order valence-corrected chi connectivity index (χ4v) is 3.80. The van der Waals surface area contributed by atoms with Crippen LogP contribution in [0.3, 0.4) is 0 Å². The topological polar surface area (TPSA) is 0 Å². The van der Waals surface area contributed by atoms with Crippen LogP contribution in [0.4, 0.5) is 0 Å². The van der Waals surface area contributed by atoms with Crippen LogP contribution >= 0.6 is 43.2 Å². The fourth-order valence-electron chi connectivity index (χ4n) is 1.45. The maximum absolute atomic E-state index is 3.74. The number of thiophene rings is 1. The third-order valence-corrected chi connectivity index (χ3v) is 5.17. The summed E-state index contributed by atoms with van der Waals surface area (Å²) in [6, 6.07) is 10.7. The molecule has 2 aromatic rings. The van der Waals surface area contributed by atoms with Crippen LogP contribution in [-0.4, -0.2) is 0 Å². The summed E-state index contributed by atoms with van der Waals surface area (Å²) in [4.78, 5) is 1.62. The van der Waals surface area contributed by atoms with Gasteiger partial charge in [0, 0.05) is 9.35 Å². The Bertz CT molecular complexity index is 449. The number of aryl methyl sites for hydroxylation is 1. The number of alkyl halides is 1. The van der Waals surface area contributed by atoms with Crippen molar-refractivity contribution >= 4 is 43.2 Å². The highest BCUT2D eigenvalue weighted by atomic mass is 79.9. The highest BCUT2D eigenvalue weighted by Crippen LogP contribution is 2.37. The van der Waals surface area contributed by atoms with Crippen molar-refractivity contribution < 1.29 is 0 Å². The van der Waals surface area contributed by atoms with Crippen LogP contribution in [-0.2, 0) is 0 Å². The molecule has 0 fully saturated rings. The van der Waals surface area contributed by atoms with Crippen LogP contribution < -0.4 is 0 Å². The van der Waals surface area contributed by atoms with E-state index in [9.17, 15) is 0 Å². The van der Waals surface area contributed by atoms with E-state index in [0.29, 0.717) is 0 Å². The molecule has 0 amide bonds. The van der Waals surface area contributed by atoms with Crippen molar-refractivity contribution in [3.8, 4) is 0 Å². The average Bonchev–Trinajstić information content (AvgIpc) is 2.74. The molecule has 0 saturated carbocycles. The van der Waals surface area contributed by atoms with Gasteiger partial charge in [0.1, 0.15) is 0 Å². The lowest BCUT2D eigenvalue weighted by atomic mass is 10.1. The second-order valence-electron chi connectivity index (χ2n) is 3.40. The van der Waals surface area contributed by atoms with E-state index in [1.807, 2.05) is 0 Å². The molecule has 1 heterocycles. The van der Waals surface area contributed by atoms with Crippen LogP contribution in [0.15, 0.2) is 40.2 Å². The lowest BCUT2D eigenvalue weighted by Crippen LogP contribution is -1.91. The summed E-state index contributed by atoms with van der Waals surface area (Å²) < 4.78 is 1.16. The molecular formula is C12H10Br2S. The average molecular weight is 346 g/mol. The van der Waals surface area contributed by atoms with E-state index >= 15 is 0 Å². The summed E-state index contributed by atoms with van der Waals surface area (Å²) in [6.45, 7) is 2.12. The zero-order valence-electron chi connectivity index (χ0n) is 8.21. The summed E-state index contributed by atoms with van der Waals surface area (Å²) in [7, 11) is 0. The van der Waals surface area contributed by atoms with Crippen LogP contribution in [0.2, 0.25) is 0 Å². The van der Waals surface area contributed by atoms with Crippen molar-refractivity contribution in [1.82, 2.24) is 0 Å². The number of rotatable bonds is 2. The van der Waals surface area contributed by atoms with E-state index in [1.165, 1.54) is 16.0 Å². The monoisotopic (exact) mass is 344 g/mol. The molecule has 15 heavy (non-hydrogen) atoms. The van der Waals surface area contributed by atoms with E-state index in [4.69, 9.17) is 0 Å². The summed E-state index contributed by atoms with van der Waals surface area (Å²) in [5, 5.41) is 2.10. The Kier molecular flexibility index (Phi) is 3.65. The molecule has 0 saturated heterocycles. The van der Waals surface area contributed by atoms with Gasteiger partial charge in [-0.1, -0.05) is 55.6 Å². The molecule has 0 aliphatic carbocycles. The molecule has 1 aromatic carbocycles. The Labute approximate surface area is 111 Å². The summed E-state index contributed by atoms with van der Waals surface area (Å²) in [6.07, 6.45) is 0. The molecular weight excluding hydrogens is 336 g/mol. The first-order chi connectivity index (χ1) is 7.18. The summed E-state index contributed by atoms with van der Waals surface area (Å²) in [5.74, 6) is 0. The second-order valence-corrected chi connectivity index (χ2v) is 6.15. The van der Waals surface area contributed by atoms with Crippen molar-refractivity contribution in [3.05, 3.63) is 56.2 Å². The molecule has 0 bridgehead atoms. The molecule has 0 radical (unpaired) electrons. The van der Waals surface area contributed by atoms with Gasteiger partial charge in [-0.2, -0.15) is 0 Å². The largest absolute Gasteiger partial charge is 0.147 e. The minimum absolute atomic E-state index is 0.284. The zero-order chi connectivity index (χ0) is 10.8. The van der Waals surface area contributed by atoms with Crippen LogP contribution in [0.5, 0.6) is 0 Å². The van der Waals surface area contributed by atoms with E-state index in [0.717, 1.165) is 4.47 Å². The van der Waals surface area contributed by atoms with Gasteiger partial charge < -0.3 is 0 Å². The molecule has 0 spiro atoms. The quantitative estimate of drug-likeness (QED) is 0.647. The minimum atomic E-state index is 0.284. The van der Waals surface area contributed by atoms with Crippen molar-refractivity contribution in [3.63, 3.8) is 0 Å². The molecule has 78 valence electrons. The van der Waals surface area contributed by atoms with Crippen LogP contribution in [0, 0.1) is 6.92 Å². The highest BCUT2D eigenvalue weighted by molar-refractivity contribution is 9.11. The maximum atomic E-state index is 3.74. The van der Waals surface area contributed by atoms with E-state index in [1.54, 1.807) is 11.3 Å². The van der Waals surface area contributed by atoms with Crippen LogP contribution in [0.1, 0.15) is 20.8 Å². The SMILES string of the molecule is Cc1ccc(Br)c(C(Br)c2cccs2)c1. The Morgan fingerprint density at radius 3 is 2.73 bits per heavy atom. The standard InChI is InChI=1S/C12H10Br2S/c1-8-4-5-10(13)9(7-8)12(14)11-3-2-6-15-11/h2-7,12H,1H3. The molecule has 0 aliphatic heterocycles. The van der Waals surface area contributed by atoms with Crippen molar-refractivity contribution in [2.75, 3.05) is 0 Å². The Morgan fingerprint density at radius 2 is 2.07 bits per heavy atom. The molecule has 0 N–H and O–H groups in total. The highest BCUT2D eigenvalue weighted by Gasteiger charge is 2.14. The van der Waals surface area contributed by atoms with Crippen molar-refractivity contribution in [1.29, 1.82) is 0 Å². The van der Waals surface area contributed by atoms with Gasteiger partial charge in [0.15, 0.2) is 0 Å². The Hall–Kier alpha value is -0.120. The smallest absolute Gasteiger partial charge is 0.0748 e. The van der Waals surface area contributed by atoms with Gasteiger partial charge in [-0.25, -0.2) is 0 Å². The molecule has 0 aliphatic rings. The first-order valence-corrected chi connectivity index (χ1v) is 7.21. The summed E-state index contributed by atoms with van der Waals surface area (Å²) >= 11 is 9.10. The molecule has 1 atom stereocenters. The van der Waals surface area contributed by atoms with Gasteiger partial charge in [-0.3, -0.25) is 0 Å². The fraction of sp³-hybridized carbons (Fsp3) is 0.167. The minimum Gasteiger partial charge on any atom is -0.147 e. The summed E-state index contributed by atoms with van der Waals surface area (Å²) in [5.41, 5.74) is 2.58. The second kappa shape index (κ2) is 4.81. The number of benzene rings is 1. The van der Waals surface area contributed by atoms with Gasteiger partial charge >= 0.3 is 0 Å². The zero-order valence-corrected chi connectivity index (χ0v) is 12.2. The lowest BCUT2D eigenvalue weighted by molar-refractivity contribution is 1.19. The van der Waals surface area contributed by atoms with Crippen LogP contribution in [0.25, 0.3) is 0 Å².